The summed E-state index contributed by atoms with van der Waals surface area (Å²) in [6.45, 7) is 0. The van der Waals surface area contributed by atoms with Crippen molar-refractivity contribution in [1.29, 1.82) is 0 Å². The second kappa shape index (κ2) is 4.00. The summed E-state index contributed by atoms with van der Waals surface area (Å²) in [6, 6.07) is 13.5. The molecule has 0 fully saturated rings. The molecule has 0 saturated carbocycles. The maximum Gasteiger partial charge on any atom is 0.309 e. The first kappa shape index (κ1) is 9.52. The maximum atomic E-state index is 10.5. The topological polar surface area (TPSA) is 53.1 Å². The van der Waals surface area contributed by atoms with Crippen LogP contribution in [0, 0.1) is 0 Å². The van der Waals surface area contributed by atoms with E-state index in [4.69, 9.17) is 5.11 Å². The van der Waals surface area contributed by atoms with Crippen LogP contribution < -0.4 is 0 Å². The Bertz CT molecular complexity index is 459. The summed E-state index contributed by atoms with van der Waals surface area (Å²) in [5, 5.41) is 8.63. The number of hydrogen-bond acceptors (Lipinski definition) is 1. The molecule has 0 spiro atoms. The van der Waals surface area contributed by atoms with Crippen molar-refractivity contribution in [3.63, 3.8) is 0 Å². The van der Waals surface area contributed by atoms with Gasteiger partial charge >= 0.3 is 5.97 Å². The largest absolute Gasteiger partial charge is 0.481 e. The molecule has 0 bridgehead atoms. The van der Waals surface area contributed by atoms with Crippen LogP contribution in [0.5, 0.6) is 0 Å². The van der Waals surface area contributed by atoms with Gasteiger partial charge in [0, 0.05) is 11.4 Å². The minimum Gasteiger partial charge on any atom is -0.481 e. The average Bonchev–Trinajstić information content (AvgIpc) is 2.67. The first-order valence-electron chi connectivity index (χ1n) is 4.71. The van der Waals surface area contributed by atoms with Gasteiger partial charge in [0.25, 0.3) is 0 Å². The molecule has 0 atom stereocenters. The minimum atomic E-state index is -0.823. The Morgan fingerprint density at radius 2 is 1.87 bits per heavy atom. The number of H-pyrrole nitrogens is 1. The molecule has 0 unspecified atom stereocenters. The van der Waals surface area contributed by atoms with E-state index in [1.807, 2.05) is 36.4 Å². The third kappa shape index (κ3) is 2.26. The molecule has 0 saturated heterocycles. The molecule has 0 aliphatic heterocycles. The van der Waals surface area contributed by atoms with Crippen LogP contribution in [0.3, 0.4) is 0 Å². The third-order valence-corrected chi connectivity index (χ3v) is 2.17. The van der Waals surface area contributed by atoms with Crippen LogP contribution >= 0.6 is 0 Å². The molecule has 3 nitrogen and oxygen atoms in total. The number of carbonyl (C=O) groups is 1. The highest BCUT2D eigenvalue weighted by Gasteiger charge is 2.04. The molecule has 76 valence electrons. The lowest BCUT2D eigenvalue weighted by molar-refractivity contribution is -0.136. The van der Waals surface area contributed by atoms with Gasteiger partial charge in [-0.3, -0.25) is 4.79 Å². The summed E-state index contributed by atoms with van der Waals surface area (Å²) in [5.74, 6) is -0.823. The predicted molar refractivity (Wildman–Crippen MR) is 57.6 cm³/mol. The number of aromatic nitrogens is 1. The summed E-state index contributed by atoms with van der Waals surface area (Å²) in [6.07, 6.45) is 0.0346. The standard InChI is InChI=1S/C12H11NO2/c14-12(15)8-10-6-7-11(13-10)9-4-2-1-3-5-9/h1-7,13H,8H2,(H,14,15). The molecule has 1 aromatic heterocycles. The van der Waals surface area contributed by atoms with E-state index in [0.29, 0.717) is 0 Å². The molecule has 2 aromatic rings. The van der Waals surface area contributed by atoms with E-state index in [2.05, 4.69) is 4.98 Å². The molecule has 0 amide bonds. The molecule has 2 N–H and O–H groups in total. The number of carboxylic acids is 1. The van der Waals surface area contributed by atoms with Crippen molar-refractivity contribution < 1.29 is 9.90 Å². The normalized spacial score (nSPS) is 10.1. The van der Waals surface area contributed by atoms with Crippen LogP contribution in [0.25, 0.3) is 11.3 Å². The van der Waals surface area contributed by atoms with Gasteiger partial charge in [0.1, 0.15) is 0 Å². The van der Waals surface area contributed by atoms with Crippen LogP contribution in [0.1, 0.15) is 5.69 Å². The van der Waals surface area contributed by atoms with E-state index < -0.39 is 5.97 Å². The van der Waals surface area contributed by atoms with Crippen molar-refractivity contribution in [2.24, 2.45) is 0 Å². The van der Waals surface area contributed by atoms with Crippen LogP contribution in [-0.2, 0) is 11.2 Å². The number of nitrogens with one attached hydrogen (secondary N) is 1. The van der Waals surface area contributed by atoms with Crippen LogP contribution in [0.4, 0.5) is 0 Å². The van der Waals surface area contributed by atoms with Crippen molar-refractivity contribution in [2.45, 2.75) is 6.42 Å². The lowest BCUT2D eigenvalue weighted by atomic mass is 10.2. The molecule has 0 radical (unpaired) electrons. The Morgan fingerprint density at radius 1 is 1.13 bits per heavy atom. The van der Waals surface area contributed by atoms with Crippen molar-refractivity contribution in [3.8, 4) is 11.3 Å². The highest BCUT2D eigenvalue weighted by atomic mass is 16.4. The number of benzene rings is 1. The minimum absolute atomic E-state index is 0.0346. The molecular weight excluding hydrogens is 190 g/mol. The van der Waals surface area contributed by atoms with Crippen molar-refractivity contribution >= 4 is 5.97 Å². The van der Waals surface area contributed by atoms with E-state index >= 15 is 0 Å². The van der Waals surface area contributed by atoms with E-state index in [-0.39, 0.29) is 6.42 Å². The van der Waals surface area contributed by atoms with Gasteiger partial charge < -0.3 is 10.1 Å². The quantitative estimate of drug-likeness (QED) is 0.800. The van der Waals surface area contributed by atoms with Crippen LogP contribution in [0.15, 0.2) is 42.5 Å². The highest BCUT2D eigenvalue weighted by molar-refractivity contribution is 5.70. The first-order chi connectivity index (χ1) is 7.25. The second-order valence-electron chi connectivity index (χ2n) is 3.33. The Hall–Kier alpha value is -2.03. The molecular formula is C12H11NO2. The van der Waals surface area contributed by atoms with Gasteiger partial charge in [-0.2, -0.15) is 0 Å². The highest BCUT2D eigenvalue weighted by Crippen LogP contribution is 2.17. The summed E-state index contributed by atoms with van der Waals surface area (Å²) in [4.78, 5) is 13.6. The molecule has 15 heavy (non-hydrogen) atoms. The van der Waals surface area contributed by atoms with Crippen molar-refractivity contribution in [3.05, 3.63) is 48.2 Å². The zero-order valence-electron chi connectivity index (χ0n) is 8.10. The Kier molecular flexibility index (Phi) is 2.54. The average molecular weight is 201 g/mol. The molecule has 2 rings (SSSR count). The maximum absolute atomic E-state index is 10.5. The number of carboxylic acid groups (broad SMARTS) is 1. The Balaban J connectivity index is 2.24. The number of rotatable bonds is 3. The summed E-state index contributed by atoms with van der Waals surface area (Å²) < 4.78 is 0. The van der Waals surface area contributed by atoms with Gasteiger partial charge in [-0.1, -0.05) is 30.3 Å². The zero-order valence-corrected chi connectivity index (χ0v) is 8.10. The fourth-order valence-corrected chi connectivity index (χ4v) is 1.49. The van der Waals surface area contributed by atoms with Gasteiger partial charge in [0.05, 0.1) is 6.42 Å². The zero-order chi connectivity index (χ0) is 10.7. The fourth-order valence-electron chi connectivity index (χ4n) is 1.49. The van der Waals surface area contributed by atoms with Crippen molar-refractivity contribution in [2.75, 3.05) is 0 Å². The van der Waals surface area contributed by atoms with Crippen LogP contribution in [0.2, 0.25) is 0 Å². The van der Waals surface area contributed by atoms with E-state index in [9.17, 15) is 4.79 Å². The van der Waals surface area contributed by atoms with Gasteiger partial charge in [-0.05, 0) is 17.7 Å². The SMILES string of the molecule is O=C(O)Cc1ccc(-c2ccccc2)[nH]1. The molecule has 0 aliphatic carbocycles. The molecule has 0 aliphatic rings. The number of aliphatic carboxylic acids is 1. The van der Waals surface area contributed by atoms with Gasteiger partial charge in [-0.15, -0.1) is 0 Å². The lowest BCUT2D eigenvalue weighted by Gasteiger charge is -1.96. The molecule has 1 heterocycles. The number of hydrogen-bond donors (Lipinski definition) is 2. The lowest BCUT2D eigenvalue weighted by Crippen LogP contribution is -1.99. The van der Waals surface area contributed by atoms with E-state index in [1.54, 1.807) is 6.07 Å². The smallest absolute Gasteiger partial charge is 0.309 e. The van der Waals surface area contributed by atoms with Gasteiger partial charge in [0.15, 0.2) is 0 Å². The summed E-state index contributed by atoms with van der Waals surface area (Å²) >= 11 is 0. The first-order valence-corrected chi connectivity index (χ1v) is 4.71. The number of aromatic amines is 1. The predicted octanol–water partition coefficient (Wildman–Crippen LogP) is 2.31. The fraction of sp³-hybridized carbons (Fsp3) is 0.0833. The summed E-state index contributed by atoms with van der Waals surface area (Å²) in [5.41, 5.74) is 2.74. The Morgan fingerprint density at radius 3 is 2.53 bits per heavy atom. The van der Waals surface area contributed by atoms with Crippen molar-refractivity contribution in [1.82, 2.24) is 4.98 Å². The van der Waals surface area contributed by atoms with Crippen LogP contribution in [-0.4, -0.2) is 16.1 Å². The van der Waals surface area contributed by atoms with E-state index in [0.717, 1.165) is 17.0 Å². The summed E-state index contributed by atoms with van der Waals surface area (Å²) in [7, 11) is 0. The third-order valence-electron chi connectivity index (χ3n) is 2.17. The molecule has 1 aromatic carbocycles. The Labute approximate surface area is 87.4 Å². The van der Waals surface area contributed by atoms with Gasteiger partial charge in [0.2, 0.25) is 0 Å². The van der Waals surface area contributed by atoms with E-state index in [1.165, 1.54) is 0 Å². The second-order valence-corrected chi connectivity index (χ2v) is 3.33. The monoisotopic (exact) mass is 201 g/mol. The van der Waals surface area contributed by atoms with Gasteiger partial charge in [-0.25, -0.2) is 0 Å². The molecule has 3 heteroatoms.